The number of aromatic nitrogens is 1. The van der Waals surface area contributed by atoms with E-state index in [1.807, 2.05) is 36.6 Å². The van der Waals surface area contributed by atoms with E-state index >= 15 is 0 Å². The normalized spacial score (nSPS) is 18.6. The molecule has 1 aliphatic heterocycles. The molecular formula is C15H17N3O3S2. The van der Waals surface area contributed by atoms with Gasteiger partial charge in [0.2, 0.25) is 15.9 Å². The predicted octanol–water partition coefficient (Wildman–Crippen LogP) is 1.76. The van der Waals surface area contributed by atoms with E-state index in [4.69, 9.17) is 5.14 Å². The molecule has 23 heavy (non-hydrogen) atoms. The molecule has 3 rings (SSSR count). The lowest BCUT2D eigenvalue weighted by Gasteiger charge is -2.17. The Kier molecular flexibility index (Phi) is 4.22. The highest BCUT2D eigenvalue weighted by molar-refractivity contribution is 7.89. The second kappa shape index (κ2) is 6.03. The van der Waals surface area contributed by atoms with Gasteiger partial charge >= 0.3 is 0 Å². The summed E-state index contributed by atoms with van der Waals surface area (Å²) in [4.78, 5) is 18.2. The molecule has 1 atom stereocenters. The zero-order valence-electron chi connectivity index (χ0n) is 12.6. The lowest BCUT2D eigenvalue weighted by Crippen LogP contribution is -2.27. The largest absolute Gasteiger partial charge is 0.312 e. The molecule has 0 bridgehead atoms. The zero-order chi connectivity index (χ0) is 16.6. The van der Waals surface area contributed by atoms with Crippen LogP contribution in [0.3, 0.4) is 0 Å². The number of carbonyl (C=O) groups excluding carboxylic acids is 1. The number of carbonyl (C=O) groups is 1. The first-order valence-electron chi connectivity index (χ1n) is 7.15. The smallest absolute Gasteiger partial charge is 0.227 e. The summed E-state index contributed by atoms with van der Waals surface area (Å²) in [7, 11) is -3.56. The Morgan fingerprint density at radius 1 is 1.35 bits per heavy atom. The molecule has 1 unspecified atom stereocenters. The van der Waals surface area contributed by atoms with Crippen LogP contribution in [0.25, 0.3) is 11.3 Å². The van der Waals surface area contributed by atoms with Crippen molar-refractivity contribution in [3.63, 3.8) is 0 Å². The molecule has 0 aliphatic carbocycles. The molecule has 2 heterocycles. The fourth-order valence-corrected chi connectivity index (χ4v) is 4.28. The van der Waals surface area contributed by atoms with E-state index in [0.29, 0.717) is 6.54 Å². The number of nitrogens with two attached hydrogens (primary N) is 1. The quantitative estimate of drug-likeness (QED) is 0.908. The summed E-state index contributed by atoms with van der Waals surface area (Å²) in [6.07, 6.45) is 0.212. The van der Waals surface area contributed by atoms with Gasteiger partial charge in [0.05, 0.1) is 16.5 Å². The van der Waals surface area contributed by atoms with Crippen molar-refractivity contribution in [3.05, 3.63) is 34.7 Å². The fourth-order valence-electron chi connectivity index (χ4n) is 2.78. The van der Waals surface area contributed by atoms with E-state index in [2.05, 4.69) is 4.98 Å². The minimum Gasteiger partial charge on any atom is -0.312 e. The van der Waals surface area contributed by atoms with Gasteiger partial charge in [0.1, 0.15) is 0 Å². The van der Waals surface area contributed by atoms with Crippen molar-refractivity contribution in [1.82, 2.24) is 4.98 Å². The summed E-state index contributed by atoms with van der Waals surface area (Å²) in [5.41, 5.74) is 2.67. The lowest BCUT2D eigenvalue weighted by atomic mass is 10.1. The highest BCUT2D eigenvalue weighted by atomic mass is 32.2. The molecule has 6 nitrogen and oxygen atoms in total. The van der Waals surface area contributed by atoms with Gasteiger partial charge in [-0.15, -0.1) is 11.3 Å². The zero-order valence-corrected chi connectivity index (χ0v) is 14.2. The van der Waals surface area contributed by atoms with Crippen LogP contribution in [0.1, 0.15) is 11.4 Å². The minimum absolute atomic E-state index is 0.0732. The number of nitrogens with zero attached hydrogens (tertiary/aromatic N) is 2. The van der Waals surface area contributed by atoms with Crippen molar-refractivity contribution < 1.29 is 13.2 Å². The first kappa shape index (κ1) is 16.1. The van der Waals surface area contributed by atoms with Crippen molar-refractivity contribution in [3.8, 4) is 11.3 Å². The van der Waals surface area contributed by atoms with Gasteiger partial charge in [0.25, 0.3) is 0 Å². The molecule has 1 amide bonds. The second-order valence-corrected chi connectivity index (χ2v) is 8.42. The molecule has 8 heteroatoms. The van der Waals surface area contributed by atoms with E-state index in [9.17, 15) is 13.2 Å². The van der Waals surface area contributed by atoms with E-state index in [1.165, 1.54) is 0 Å². The van der Waals surface area contributed by atoms with Crippen LogP contribution < -0.4 is 10.0 Å². The SMILES string of the molecule is Cc1nc(-c2ccc(N3CC(CS(N)(=O)=O)CC3=O)cc2)cs1. The van der Waals surface area contributed by atoms with Gasteiger partial charge in [-0.25, -0.2) is 18.5 Å². The van der Waals surface area contributed by atoms with Crippen molar-refractivity contribution >= 4 is 33.0 Å². The predicted molar refractivity (Wildman–Crippen MR) is 90.7 cm³/mol. The van der Waals surface area contributed by atoms with Crippen molar-refractivity contribution in [2.45, 2.75) is 13.3 Å². The van der Waals surface area contributed by atoms with Crippen molar-refractivity contribution in [2.75, 3.05) is 17.2 Å². The Balaban J connectivity index is 1.76. The molecule has 1 aliphatic rings. The first-order chi connectivity index (χ1) is 10.8. The maximum atomic E-state index is 12.1. The van der Waals surface area contributed by atoms with Crippen LogP contribution in [-0.2, 0) is 14.8 Å². The Bertz CT molecular complexity index is 828. The topological polar surface area (TPSA) is 93.4 Å². The fraction of sp³-hybridized carbons (Fsp3) is 0.333. The second-order valence-electron chi connectivity index (χ2n) is 5.70. The molecule has 0 saturated carbocycles. The maximum absolute atomic E-state index is 12.1. The van der Waals surface area contributed by atoms with Gasteiger partial charge in [-0.2, -0.15) is 0 Å². The summed E-state index contributed by atoms with van der Waals surface area (Å²) < 4.78 is 22.4. The Labute approximate surface area is 139 Å². The summed E-state index contributed by atoms with van der Waals surface area (Å²) in [6, 6.07) is 7.57. The van der Waals surface area contributed by atoms with Crippen molar-refractivity contribution in [1.29, 1.82) is 0 Å². The number of primary sulfonamides is 1. The number of hydrogen-bond acceptors (Lipinski definition) is 5. The molecular weight excluding hydrogens is 334 g/mol. The third-order valence-electron chi connectivity index (χ3n) is 3.77. The van der Waals surface area contributed by atoms with E-state index < -0.39 is 10.0 Å². The standard InChI is InChI=1S/C15H17N3O3S2/c1-10-17-14(8-22-10)12-2-4-13(5-3-12)18-7-11(6-15(18)19)9-23(16,20)21/h2-5,8,11H,6-7,9H2,1H3,(H2,16,20,21). The summed E-state index contributed by atoms with van der Waals surface area (Å²) >= 11 is 1.59. The molecule has 0 spiro atoms. The van der Waals surface area contributed by atoms with Gasteiger partial charge in [-0.1, -0.05) is 12.1 Å². The highest BCUT2D eigenvalue weighted by Gasteiger charge is 2.32. The van der Waals surface area contributed by atoms with Crippen LogP contribution in [0.5, 0.6) is 0 Å². The number of anilines is 1. The number of amides is 1. The Morgan fingerprint density at radius 3 is 2.61 bits per heavy atom. The molecule has 122 valence electrons. The van der Waals surface area contributed by atoms with E-state index in [0.717, 1.165) is 22.0 Å². The summed E-state index contributed by atoms with van der Waals surface area (Å²) in [5, 5.41) is 8.07. The number of rotatable bonds is 4. The number of aryl methyl sites for hydroxylation is 1. The number of hydrogen-bond donors (Lipinski definition) is 1. The van der Waals surface area contributed by atoms with Crippen LogP contribution >= 0.6 is 11.3 Å². The van der Waals surface area contributed by atoms with Crippen LogP contribution in [0.4, 0.5) is 5.69 Å². The van der Waals surface area contributed by atoms with Gasteiger partial charge in [0.15, 0.2) is 0 Å². The number of benzene rings is 1. The van der Waals surface area contributed by atoms with Crippen LogP contribution in [0.2, 0.25) is 0 Å². The van der Waals surface area contributed by atoms with Gasteiger partial charge in [0, 0.05) is 35.5 Å². The molecule has 2 aromatic rings. The average Bonchev–Trinajstić information content (AvgIpc) is 3.03. The third-order valence-corrected chi connectivity index (χ3v) is 5.48. The third kappa shape index (κ3) is 3.77. The maximum Gasteiger partial charge on any atom is 0.227 e. The van der Waals surface area contributed by atoms with Crippen LogP contribution in [-0.4, -0.2) is 31.6 Å². The minimum atomic E-state index is -3.56. The van der Waals surface area contributed by atoms with Gasteiger partial charge in [-0.05, 0) is 19.1 Å². The van der Waals surface area contributed by atoms with Crippen LogP contribution in [0, 0.1) is 12.8 Å². The van der Waals surface area contributed by atoms with Crippen molar-refractivity contribution in [2.24, 2.45) is 11.1 Å². The lowest BCUT2D eigenvalue weighted by molar-refractivity contribution is -0.117. The molecule has 1 aromatic carbocycles. The van der Waals surface area contributed by atoms with Gasteiger partial charge in [-0.3, -0.25) is 4.79 Å². The van der Waals surface area contributed by atoms with E-state index in [-0.39, 0.29) is 24.0 Å². The van der Waals surface area contributed by atoms with Crippen LogP contribution in [0.15, 0.2) is 29.6 Å². The summed E-state index contributed by atoms with van der Waals surface area (Å²) in [5.74, 6) is -0.486. The molecule has 0 radical (unpaired) electrons. The first-order valence-corrected chi connectivity index (χ1v) is 9.75. The number of thiazole rings is 1. The molecule has 1 fully saturated rings. The Morgan fingerprint density at radius 2 is 2.04 bits per heavy atom. The molecule has 1 aromatic heterocycles. The monoisotopic (exact) mass is 351 g/mol. The number of sulfonamides is 1. The molecule has 1 saturated heterocycles. The molecule has 2 N–H and O–H groups in total. The summed E-state index contributed by atoms with van der Waals surface area (Å²) in [6.45, 7) is 2.33. The Hall–Kier alpha value is -1.77. The van der Waals surface area contributed by atoms with E-state index in [1.54, 1.807) is 16.2 Å². The average molecular weight is 351 g/mol. The highest BCUT2D eigenvalue weighted by Crippen LogP contribution is 2.28. The van der Waals surface area contributed by atoms with Gasteiger partial charge < -0.3 is 4.90 Å².